The van der Waals surface area contributed by atoms with Crippen molar-refractivity contribution >= 4 is 0 Å². The molecule has 3 N–H and O–H groups in total. The highest BCUT2D eigenvalue weighted by Crippen LogP contribution is 2.45. The smallest absolute Gasteiger partial charge is 0.271 e. The number of aromatic nitrogens is 1. The van der Waals surface area contributed by atoms with Gasteiger partial charge in [0.15, 0.2) is 0 Å². The van der Waals surface area contributed by atoms with E-state index in [1.165, 1.54) is 6.20 Å². The molecule has 0 bridgehead atoms. The lowest BCUT2D eigenvalue weighted by Crippen LogP contribution is -2.38. The van der Waals surface area contributed by atoms with Crippen molar-refractivity contribution in [3.05, 3.63) is 65.0 Å². The van der Waals surface area contributed by atoms with Gasteiger partial charge in [0.25, 0.3) is 0 Å². The molecule has 1 aliphatic rings. The Bertz CT molecular complexity index is 655. The standard InChI is InChI=1S/C15H14F3N3/c16-15(17,18)13-5-6-20-8-12(13)14(21-19)11-7-9-3-1-2-4-10(9)11/h1-6,8,11,14,21H,7,19H2. The average molecular weight is 293 g/mol. The first-order valence-electron chi connectivity index (χ1n) is 6.57. The number of rotatable bonds is 3. The third-order valence-corrected chi connectivity index (χ3v) is 3.97. The summed E-state index contributed by atoms with van der Waals surface area (Å²) in [6, 6.07) is 8.09. The van der Waals surface area contributed by atoms with Gasteiger partial charge in [-0.05, 0) is 23.6 Å². The summed E-state index contributed by atoms with van der Waals surface area (Å²) in [5.41, 5.74) is 4.13. The van der Waals surface area contributed by atoms with Crippen molar-refractivity contribution in [2.75, 3.05) is 0 Å². The molecule has 0 saturated carbocycles. The molecule has 0 saturated heterocycles. The van der Waals surface area contributed by atoms with E-state index in [1.54, 1.807) is 0 Å². The molecule has 110 valence electrons. The minimum absolute atomic E-state index is 0.0727. The van der Waals surface area contributed by atoms with Crippen LogP contribution in [0.15, 0.2) is 42.7 Å². The molecule has 21 heavy (non-hydrogen) atoms. The zero-order valence-corrected chi connectivity index (χ0v) is 11.1. The summed E-state index contributed by atoms with van der Waals surface area (Å²) in [5, 5.41) is 0. The molecule has 0 amide bonds. The van der Waals surface area contributed by atoms with E-state index >= 15 is 0 Å². The van der Waals surface area contributed by atoms with Gasteiger partial charge in [0.2, 0.25) is 0 Å². The fourth-order valence-corrected chi connectivity index (χ4v) is 2.93. The van der Waals surface area contributed by atoms with Crippen LogP contribution in [-0.2, 0) is 12.6 Å². The summed E-state index contributed by atoms with van der Waals surface area (Å²) >= 11 is 0. The summed E-state index contributed by atoms with van der Waals surface area (Å²) in [7, 11) is 0. The van der Waals surface area contributed by atoms with Crippen LogP contribution in [0.4, 0.5) is 13.2 Å². The van der Waals surface area contributed by atoms with Crippen LogP contribution in [-0.4, -0.2) is 4.98 Å². The Kier molecular flexibility index (Phi) is 3.43. The summed E-state index contributed by atoms with van der Waals surface area (Å²) in [4.78, 5) is 3.83. The first-order chi connectivity index (χ1) is 10.0. The van der Waals surface area contributed by atoms with Crippen molar-refractivity contribution in [1.29, 1.82) is 0 Å². The van der Waals surface area contributed by atoms with E-state index in [0.717, 1.165) is 23.4 Å². The van der Waals surface area contributed by atoms with Gasteiger partial charge in [-0.25, -0.2) is 0 Å². The zero-order valence-electron chi connectivity index (χ0n) is 11.1. The summed E-state index contributed by atoms with van der Waals surface area (Å²) in [6.45, 7) is 0. The number of halogens is 3. The molecule has 2 atom stereocenters. The number of hydrogen-bond acceptors (Lipinski definition) is 3. The topological polar surface area (TPSA) is 50.9 Å². The molecule has 3 nitrogen and oxygen atoms in total. The Balaban J connectivity index is 2.00. The number of fused-ring (bicyclic) bond motifs is 1. The third kappa shape index (κ3) is 2.41. The summed E-state index contributed by atoms with van der Waals surface area (Å²) in [5.74, 6) is 5.47. The maximum absolute atomic E-state index is 13.1. The second-order valence-corrected chi connectivity index (χ2v) is 5.11. The van der Waals surface area contributed by atoms with E-state index in [4.69, 9.17) is 5.84 Å². The average Bonchev–Trinajstić information content (AvgIpc) is 2.44. The lowest BCUT2D eigenvalue weighted by molar-refractivity contribution is -0.138. The number of hydrazine groups is 1. The first kappa shape index (κ1) is 14.0. The molecule has 1 aromatic carbocycles. The molecular formula is C15H14F3N3. The van der Waals surface area contributed by atoms with Gasteiger partial charge in [0, 0.05) is 23.9 Å². The molecular weight excluding hydrogens is 279 g/mol. The second-order valence-electron chi connectivity index (χ2n) is 5.11. The number of benzene rings is 1. The van der Waals surface area contributed by atoms with Crippen LogP contribution in [0.3, 0.4) is 0 Å². The van der Waals surface area contributed by atoms with Crippen LogP contribution in [0.2, 0.25) is 0 Å². The maximum atomic E-state index is 13.1. The van der Waals surface area contributed by atoms with E-state index in [0.29, 0.717) is 6.42 Å². The van der Waals surface area contributed by atoms with Crippen molar-refractivity contribution in [3.63, 3.8) is 0 Å². The van der Waals surface area contributed by atoms with Crippen LogP contribution in [0.5, 0.6) is 0 Å². The Morgan fingerprint density at radius 2 is 2.00 bits per heavy atom. The van der Waals surface area contributed by atoms with Gasteiger partial charge in [0.1, 0.15) is 0 Å². The SMILES string of the molecule is NNC(c1cnccc1C(F)(F)F)C1Cc2ccccc21. The quantitative estimate of drug-likeness (QED) is 0.676. The van der Waals surface area contributed by atoms with Gasteiger partial charge in [-0.1, -0.05) is 24.3 Å². The Morgan fingerprint density at radius 1 is 1.24 bits per heavy atom. The summed E-state index contributed by atoms with van der Waals surface area (Å²) < 4.78 is 39.4. The molecule has 6 heteroatoms. The number of hydrogen-bond donors (Lipinski definition) is 2. The van der Waals surface area contributed by atoms with Crippen molar-refractivity contribution in [2.45, 2.75) is 24.6 Å². The molecule has 2 aromatic rings. The first-order valence-corrected chi connectivity index (χ1v) is 6.57. The fraction of sp³-hybridized carbons (Fsp3) is 0.267. The van der Waals surface area contributed by atoms with E-state index in [2.05, 4.69) is 10.4 Å². The molecule has 0 fully saturated rings. The highest BCUT2D eigenvalue weighted by Gasteiger charge is 2.40. The largest absolute Gasteiger partial charge is 0.416 e. The molecule has 2 unspecified atom stereocenters. The lowest BCUT2D eigenvalue weighted by atomic mass is 9.71. The highest BCUT2D eigenvalue weighted by atomic mass is 19.4. The maximum Gasteiger partial charge on any atom is 0.416 e. The number of pyridine rings is 1. The van der Waals surface area contributed by atoms with Crippen LogP contribution in [0.25, 0.3) is 0 Å². The van der Waals surface area contributed by atoms with E-state index in [-0.39, 0.29) is 11.5 Å². The fourth-order valence-electron chi connectivity index (χ4n) is 2.93. The van der Waals surface area contributed by atoms with Gasteiger partial charge in [-0.3, -0.25) is 16.3 Å². The molecule has 0 spiro atoms. The van der Waals surface area contributed by atoms with Crippen LogP contribution >= 0.6 is 0 Å². The monoisotopic (exact) mass is 293 g/mol. The Morgan fingerprint density at radius 3 is 2.67 bits per heavy atom. The van der Waals surface area contributed by atoms with Crippen LogP contribution in [0, 0.1) is 0 Å². The number of alkyl halides is 3. The molecule has 1 aliphatic carbocycles. The van der Waals surface area contributed by atoms with Gasteiger partial charge in [0.05, 0.1) is 11.6 Å². The van der Waals surface area contributed by atoms with Crippen LogP contribution in [0.1, 0.15) is 34.2 Å². The molecule has 3 rings (SSSR count). The van der Waals surface area contributed by atoms with Crippen molar-refractivity contribution in [3.8, 4) is 0 Å². The zero-order chi connectivity index (χ0) is 15.0. The minimum Gasteiger partial charge on any atom is -0.271 e. The van der Waals surface area contributed by atoms with Gasteiger partial charge < -0.3 is 0 Å². The molecule has 0 aliphatic heterocycles. The molecule has 1 aromatic heterocycles. The van der Waals surface area contributed by atoms with E-state index in [9.17, 15) is 13.2 Å². The predicted octanol–water partition coefficient (Wildman–Crippen LogP) is 2.94. The minimum atomic E-state index is -4.42. The molecule has 0 radical (unpaired) electrons. The van der Waals surface area contributed by atoms with Crippen LogP contribution < -0.4 is 11.3 Å². The van der Waals surface area contributed by atoms with Gasteiger partial charge >= 0.3 is 6.18 Å². The van der Waals surface area contributed by atoms with E-state index in [1.807, 2.05) is 24.3 Å². The third-order valence-electron chi connectivity index (χ3n) is 3.97. The second kappa shape index (κ2) is 5.13. The highest BCUT2D eigenvalue weighted by molar-refractivity contribution is 5.44. The van der Waals surface area contributed by atoms with Gasteiger partial charge in [-0.15, -0.1) is 0 Å². The van der Waals surface area contributed by atoms with Crippen molar-refractivity contribution in [1.82, 2.24) is 10.4 Å². The van der Waals surface area contributed by atoms with Gasteiger partial charge in [-0.2, -0.15) is 13.2 Å². The summed E-state index contributed by atoms with van der Waals surface area (Å²) in [6.07, 6.45) is -1.32. The normalized spacial score (nSPS) is 18.8. The number of nitrogens with one attached hydrogen (secondary N) is 1. The van der Waals surface area contributed by atoms with E-state index < -0.39 is 17.8 Å². The Labute approximate surface area is 120 Å². The number of nitrogens with two attached hydrogens (primary N) is 1. The molecule has 1 heterocycles. The predicted molar refractivity (Wildman–Crippen MR) is 72.2 cm³/mol. The Hall–Kier alpha value is -1.92. The number of nitrogens with zero attached hydrogens (tertiary/aromatic N) is 1. The van der Waals surface area contributed by atoms with Crippen molar-refractivity contribution < 1.29 is 13.2 Å². The lowest BCUT2D eigenvalue weighted by Gasteiger charge is -2.37. The van der Waals surface area contributed by atoms with Crippen molar-refractivity contribution in [2.24, 2.45) is 5.84 Å².